The van der Waals surface area contributed by atoms with E-state index in [4.69, 9.17) is 9.57 Å². The Morgan fingerprint density at radius 2 is 1.50 bits per heavy atom. The van der Waals surface area contributed by atoms with Gasteiger partial charge in [-0.1, -0.05) is 56.5 Å². The summed E-state index contributed by atoms with van der Waals surface area (Å²) in [6, 6.07) is 10.5. The predicted molar refractivity (Wildman–Crippen MR) is 116 cm³/mol. The minimum Gasteiger partial charge on any atom is -0.378 e. The lowest BCUT2D eigenvalue weighted by molar-refractivity contribution is -0.320. The van der Waals surface area contributed by atoms with E-state index in [2.05, 4.69) is 76.9 Å². The Hall–Kier alpha value is -0.900. The van der Waals surface area contributed by atoms with Crippen LogP contribution in [0.3, 0.4) is 0 Å². The highest BCUT2D eigenvalue weighted by Crippen LogP contribution is 2.49. The average Bonchev–Trinajstić information content (AvgIpc) is 2.64. The molecule has 1 aromatic carbocycles. The average molecular weight is 388 g/mol. The van der Waals surface area contributed by atoms with Crippen LogP contribution in [-0.2, 0) is 9.57 Å². The van der Waals surface area contributed by atoms with Gasteiger partial charge in [0.25, 0.3) is 0 Å². The fourth-order valence-electron chi connectivity index (χ4n) is 6.00. The molecule has 0 aromatic heterocycles. The normalized spacial score (nSPS) is 26.1. The summed E-state index contributed by atoms with van der Waals surface area (Å²) in [5.41, 5.74) is 1.31. The Morgan fingerprint density at radius 1 is 0.929 bits per heavy atom. The molecule has 3 heteroatoms. The van der Waals surface area contributed by atoms with Crippen molar-refractivity contribution in [2.24, 2.45) is 5.41 Å². The van der Waals surface area contributed by atoms with E-state index in [1.807, 2.05) is 0 Å². The third-order valence-corrected chi connectivity index (χ3v) is 6.57. The van der Waals surface area contributed by atoms with E-state index in [1.165, 1.54) is 37.7 Å². The molecule has 1 saturated heterocycles. The Labute approximate surface area is 172 Å². The molecular formula is C25H41NO2. The SMILES string of the molecule is CC(ON1C(C)(C)CC(C)(COC2CCCCC2)CC1(C)C)c1ccccc1. The number of ether oxygens (including phenoxy) is 1. The van der Waals surface area contributed by atoms with Gasteiger partial charge < -0.3 is 4.74 Å². The van der Waals surface area contributed by atoms with Gasteiger partial charge in [0.2, 0.25) is 0 Å². The van der Waals surface area contributed by atoms with Gasteiger partial charge in [-0.3, -0.25) is 4.84 Å². The minimum absolute atomic E-state index is 0.0441. The molecule has 1 atom stereocenters. The second kappa shape index (κ2) is 8.45. The summed E-state index contributed by atoms with van der Waals surface area (Å²) in [4.78, 5) is 6.59. The molecule has 0 N–H and O–H groups in total. The van der Waals surface area contributed by atoms with Crippen molar-refractivity contribution in [2.45, 2.75) is 110 Å². The van der Waals surface area contributed by atoms with Crippen molar-refractivity contribution in [1.82, 2.24) is 5.06 Å². The van der Waals surface area contributed by atoms with E-state index in [0.717, 1.165) is 19.4 Å². The first-order valence-corrected chi connectivity index (χ1v) is 11.3. The van der Waals surface area contributed by atoms with Crippen molar-refractivity contribution >= 4 is 0 Å². The van der Waals surface area contributed by atoms with Gasteiger partial charge in [0.1, 0.15) is 6.10 Å². The number of nitrogens with zero attached hydrogens (tertiary/aromatic N) is 1. The van der Waals surface area contributed by atoms with Crippen LogP contribution in [0.4, 0.5) is 0 Å². The second-order valence-electron chi connectivity index (χ2n) is 10.8. The number of rotatable bonds is 6. The van der Waals surface area contributed by atoms with Gasteiger partial charge in [0, 0.05) is 11.1 Å². The molecule has 3 nitrogen and oxygen atoms in total. The molecule has 0 radical (unpaired) electrons. The zero-order chi connectivity index (χ0) is 20.4. The molecule has 1 aliphatic heterocycles. The summed E-state index contributed by atoms with van der Waals surface area (Å²) in [5.74, 6) is 0. The molecule has 2 aliphatic rings. The Bertz CT molecular complexity index is 601. The molecule has 1 aromatic rings. The molecule has 1 aliphatic carbocycles. The van der Waals surface area contributed by atoms with E-state index in [9.17, 15) is 0 Å². The van der Waals surface area contributed by atoms with Crippen molar-refractivity contribution in [3.63, 3.8) is 0 Å². The quantitative estimate of drug-likeness (QED) is 0.543. The summed E-state index contributed by atoms with van der Waals surface area (Å²) in [6.07, 6.45) is 9.21. The number of hydroxylamine groups is 2. The Kier molecular flexibility index (Phi) is 6.58. The van der Waals surface area contributed by atoms with Crippen LogP contribution >= 0.6 is 0 Å². The second-order valence-corrected chi connectivity index (χ2v) is 10.8. The fourth-order valence-corrected chi connectivity index (χ4v) is 6.00. The molecule has 158 valence electrons. The van der Waals surface area contributed by atoms with Crippen molar-refractivity contribution < 1.29 is 9.57 Å². The van der Waals surface area contributed by atoms with E-state index in [0.29, 0.717) is 6.10 Å². The maximum atomic E-state index is 6.59. The highest BCUT2D eigenvalue weighted by atomic mass is 16.7. The van der Waals surface area contributed by atoms with Gasteiger partial charge >= 0.3 is 0 Å². The largest absolute Gasteiger partial charge is 0.378 e. The van der Waals surface area contributed by atoms with Crippen LogP contribution < -0.4 is 0 Å². The zero-order valence-corrected chi connectivity index (χ0v) is 19.0. The lowest BCUT2D eigenvalue weighted by atomic mass is 9.66. The number of piperidine rings is 1. The standard InChI is InChI=1S/C25H41NO2/c1-20(21-13-9-7-10-14-21)28-26-23(2,3)17-25(6,18-24(26,4)5)19-27-22-15-11-8-12-16-22/h7,9-10,13-14,20,22H,8,11-12,15-19H2,1-6H3. The monoisotopic (exact) mass is 387 g/mol. The van der Waals surface area contributed by atoms with E-state index >= 15 is 0 Å². The van der Waals surface area contributed by atoms with Crippen molar-refractivity contribution in [2.75, 3.05) is 6.61 Å². The van der Waals surface area contributed by atoms with E-state index in [-0.39, 0.29) is 22.6 Å². The highest BCUT2D eigenvalue weighted by molar-refractivity contribution is 5.17. The van der Waals surface area contributed by atoms with Gasteiger partial charge in [-0.05, 0) is 71.3 Å². The van der Waals surface area contributed by atoms with Gasteiger partial charge in [-0.15, -0.1) is 0 Å². The van der Waals surface area contributed by atoms with Gasteiger partial charge in [0.15, 0.2) is 0 Å². The Balaban J connectivity index is 1.68. The molecule has 0 spiro atoms. The first kappa shape index (κ1) is 21.8. The molecule has 3 rings (SSSR count). The van der Waals surface area contributed by atoms with Gasteiger partial charge in [0.05, 0.1) is 12.7 Å². The fraction of sp³-hybridized carbons (Fsp3) is 0.760. The number of benzene rings is 1. The molecular weight excluding hydrogens is 346 g/mol. The van der Waals surface area contributed by atoms with Crippen LogP contribution in [0.2, 0.25) is 0 Å². The summed E-state index contributed by atoms with van der Waals surface area (Å²) in [7, 11) is 0. The smallest absolute Gasteiger partial charge is 0.102 e. The number of hydrogen-bond donors (Lipinski definition) is 0. The van der Waals surface area contributed by atoms with Crippen molar-refractivity contribution in [3.8, 4) is 0 Å². The molecule has 0 bridgehead atoms. The van der Waals surface area contributed by atoms with Crippen LogP contribution in [-0.4, -0.2) is 28.9 Å². The molecule has 1 saturated carbocycles. The van der Waals surface area contributed by atoms with E-state index < -0.39 is 0 Å². The first-order chi connectivity index (χ1) is 13.1. The van der Waals surface area contributed by atoms with Crippen LogP contribution in [0.15, 0.2) is 30.3 Å². The summed E-state index contributed by atoms with van der Waals surface area (Å²) < 4.78 is 6.44. The lowest BCUT2D eigenvalue weighted by Crippen LogP contribution is -2.63. The van der Waals surface area contributed by atoms with E-state index in [1.54, 1.807) is 0 Å². The van der Waals surface area contributed by atoms with Gasteiger partial charge in [-0.25, -0.2) is 0 Å². The van der Waals surface area contributed by atoms with Crippen LogP contribution in [0.25, 0.3) is 0 Å². The molecule has 1 unspecified atom stereocenters. The van der Waals surface area contributed by atoms with Crippen molar-refractivity contribution in [1.29, 1.82) is 0 Å². The molecule has 1 heterocycles. The van der Waals surface area contributed by atoms with Crippen molar-refractivity contribution in [3.05, 3.63) is 35.9 Å². The third kappa shape index (κ3) is 5.17. The lowest BCUT2D eigenvalue weighted by Gasteiger charge is -2.58. The number of hydrogen-bond acceptors (Lipinski definition) is 3. The third-order valence-electron chi connectivity index (χ3n) is 6.57. The summed E-state index contributed by atoms with van der Waals surface area (Å²) >= 11 is 0. The Morgan fingerprint density at radius 3 is 2.07 bits per heavy atom. The summed E-state index contributed by atoms with van der Waals surface area (Å²) in [6.45, 7) is 14.7. The summed E-state index contributed by atoms with van der Waals surface area (Å²) in [5, 5.41) is 2.28. The minimum atomic E-state index is -0.0462. The topological polar surface area (TPSA) is 21.7 Å². The molecule has 28 heavy (non-hydrogen) atoms. The first-order valence-electron chi connectivity index (χ1n) is 11.3. The molecule has 2 fully saturated rings. The predicted octanol–water partition coefficient (Wildman–Crippen LogP) is 6.69. The molecule has 0 amide bonds. The van der Waals surface area contributed by atoms with Crippen LogP contribution in [0, 0.1) is 5.41 Å². The maximum absolute atomic E-state index is 6.59. The van der Waals surface area contributed by atoms with Gasteiger partial charge in [-0.2, -0.15) is 5.06 Å². The van der Waals surface area contributed by atoms with Crippen LogP contribution in [0.5, 0.6) is 0 Å². The maximum Gasteiger partial charge on any atom is 0.102 e. The zero-order valence-electron chi connectivity index (χ0n) is 19.0. The highest BCUT2D eigenvalue weighted by Gasteiger charge is 2.52. The van der Waals surface area contributed by atoms with Crippen LogP contribution in [0.1, 0.15) is 98.2 Å².